The van der Waals surface area contributed by atoms with Crippen LogP contribution in [0.5, 0.6) is 0 Å². The van der Waals surface area contributed by atoms with E-state index in [0.29, 0.717) is 11.7 Å². The number of anilines is 2. The first-order valence-corrected chi connectivity index (χ1v) is 6.48. The van der Waals surface area contributed by atoms with Crippen LogP contribution in [0.1, 0.15) is 49.9 Å². The number of nitrogens with zero attached hydrogens (tertiary/aromatic N) is 3. The summed E-state index contributed by atoms with van der Waals surface area (Å²) in [7, 11) is 2.08. The molecule has 0 radical (unpaired) electrons. The van der Waals surface area contributed by atoms with Gasteiger partial charge in [0.1, 0.15) is 17.5 Å². The van der Waals surface area contributed by atoms with Crippen LogP contribution in [0, 0.1) is 6.92 Å². The first-order valence-electron chi connectivity index (χ1n) is 6.48. The van der Waals surface area contributed by atoms with E-state index in [0.717, 1.165) is 23.8 Å². The van der Waals surface area contributed by atoms with Gasteiger partial charge in [0.25, 0.3) is 0 Å². The average molecular weight is 234 g/mol. The molecule has 0 bridgehead atoms. The number of unbranched alkanes of at least 4 members (excludes halogenated alkanes) is 1. The normalized spacial score (nSPS) is 15.0. The monoisotopic (exact) mass is 234 g/mol. The van der Waals surface area contributed by atoms with Gasteiger partial charge in [0, 0.05) is 25.1 Å². The second-order valence-corrected chi connectivity index (χ2v) is 4.97. The van der Waals surface area contributed by atoms with Gasteiger partial charge in [0.05, 0.1) is 0 Å². The van der Waals surface area contributed by atoms with E-state index in [4.69, 9.17) is 5.73 Å². The van der Waals surface area contributed by atoms with Gasteiger partial charge >= 0.3 is 0 Å². The van der Waals surface area contributed by atoms with Gasteiger partial charge in [-0.1, -0.05) is 13.3 Å². The summed E-state index contributed by atoms with van der Waals surface area (Å²) in [6, 6.07) is 0. The molecule has 0 amide bonds. The van der Waals surface area contributed by atoms with Crippen molar-refractivity contribution in [3.63, 3.8) is 0 Å². The molecule has 0 unspecified atom stereocenters. The van der Waals surface area contributed by atoms with Gasteiger partial charge < -0.3 is 10.6 Å². The highest BCUT2D eigenvalue weighted by Crippen LogP contribution is 2.39. The van der Waals surface area contributed by atoms with Gasteiger partial charge in [-0.15, -0.1) is 0 Å². The number of aromatic nitrogens is 2. The molecule has 0 spiro atoms. The van der Waals surface area contributed by atoms with Crippen molar-refractivity contribution in [2.75, 3.05) is 24.2 Å². The Hall–Kier alpha value is -1.32. The molecular weight excluding hydrogens is 212 g/mol. The zero-order valence-corrected chi connectivity index (χ0v) is 11.0. The molecule has 2 N–H and O–H groups in total. The van der Waals surface area contributed by atoms with Crippen LogP contribution in [-0.2, 0) is 0 Å². The maximum atomic E-state index is 5.98. The highest BCUT2D eigenvalue weighted by atomic mass is 15.2. The van der Waals surface area contributed by atoms with Crippen LogP contribution in [-0.4, -0.2) is 23.6 Å². The molecule has 94 valence electrons. The van der Waals surface area contributed by atoms with E-state index in [2.05, 4.69) is 28.8 Å². The highest BCUT2D eigenvalue weighted by Gasteiger charge is 2.28. The van der Waals surface area contributed by atoms with Gasteiger partial charge in [-0.25, -0.2) is 9.97 Å². The first-order chi connectivity index (χ1) is 8.13. The quantitative estimate of drug-likeness (QED) is 0.850. The number of hydrogen-bond acceptors (Lipinski definition) is 4. The van der Waals surface area contributed by atoms with Crippen molar-refractivity contribution >= 4 is 11.6 Å². The Morgan fingerprint density at radius 1 is 1.35 bits per heavy atom. The summed E-state index contributed by atoms with van der Waals surface area (Å²) in [5.74, 6) is 3.13. The van der Waals surface area contributed by atoms with Crippen LogP contribution in [0.3, 0.4) is 0 Å². The Morgan fingerprint density at radius 2 is 2.06 bits per heavy atom. The molecule has 2 rings (SSSR count). The minimum atomic E-state index is 0.552. The molecule has 0 aliphatic heterocycles. The fourth-order valence-corrected chi connectivity index (χ4v) is 1.94. The second-order valence-electron chi connectivity index (χ2n) is 4.97. The van der Waals surface area contributed by atoms with E-state index in [9.17, 15) is 0 Å². The number of nitrogen functional groups attached to an aromatic ring is 1. The predicted octanol–water partition coefficient (Wildman–Crippen LogP) is 2.48. The molecule has 1 heterocycles. The summed E-state index contributed by atoms with van der Waals surface area (Å²) in [6.07, 6.45) is 4.79. The third-order valence-corrected chi connectivity index (χ3v) is 3.33. The fraction of sp³-hybridized carbons (Fsp3) is 0.692. The Bertz CT molecular complexity index is 399. The zero-order chi connectivity index (χ0) is 12.4. The van der Waals surface area contributed by atoms with Crippen LogP contribution in [0.15, 0.2) is 0 Å². The molecule has 1 aliphatic rings. The number of rotatable bonds is 5. The van der Waals surface area contributed by atoms with E-state index in [1.54, 1.807) is 0 Å². The van der Waals surface area contributed by atoms with Crippen LogP contribution in [0.25, 0.3) is 0 Å². The molecule has 1 saturated carbocycles. The molecule has 0 saturated heterocycles. The van der Waals surface area contributed by atoms with Crippen molar-refractivity contribution < 1.29 is 0 Å². The molecule has 1 aliphatic carbocycles. The standard InChI is InChI=1S/C13H22N4/c1-4-5-8-17(3)13-9(2)11(14)15-12(16-13)10-6-7-10/h10H,4-8H2,1-3H3,(H2,14,15,16). The molecule has 1 aromatic rings. The van der Waals surface area contributed by atoms with Crippen molar-refractivity contribution in [3.05, 3.63) is 11.4 Å². The number of hydrogen-bond donors (Lipinski definition) is 1. The minimum Gasteiger partial charge on any atom is -0.383 e. The maximum absolute atomic E-state index is 5.98. The zero-order valence-electron chi connectivity index (χ0n) is 11.0. The number of nitrogens with two attached hydrogens (primary N) is 1. The summed E-state index contributed by atoms with van der Waals surface area (Å²) in [5.41, 5.74) is 6.98. The largest absolute Gasteiger partial charge is 0.383 e. The third kappa shape index (κ3) is 2.68. The molecule has 0 atom stereocenters. The Kier molecular flexibility index (Phi) is 3.50. The summed E-state index contributed by atoms with van der Waals surface area (Å²) in [6.45, 7) is 5.23. The molecule has 4 heteroatoms. The molecule has 0 aromatic carbocycles. The third-order valence-electron chi connectivity index (χ3n) is 3.33. The highest BCUT2D eigenvalue weighted by molar-refractivity contribution is 5.56. The van der Waals surface area contributed by atoms with Gasteiger partial charge in [0.15, 0.2) is 0 Å². The van der Waals surface area contributed by atoms with Gasteiger partial charge in [-0.3, -0.25) is 0 Å². The summed E-state index contributed by atoms with van der Waals surface area (Å²) in [4.78, 5) is 11.3. The van der Waals surface area contributed by atoms with Crippen molar-refractivity contribution in [1.82, 2.24) is 9.97 Å². The first kappa shape index (κ1) is 12.1. The topological polar surface area (TPSA) is 55.0 Å². The second kappa shape index (κ2) is 4.90. The van der Waals surface area contributed by atoms with Crippen molar-refractivity contribution in [2.24, 2.45) is 0 Å². The summed E-state index contributed by atoms with van der Waals surface area (Å²) >= 11 is 0. The molecule has 1 aromatic heterocycles. The Morgan fingerprint density at radius 3 is 2.65 bits per heavy atom. The van der Waals surface area contributed by atoms with Crippen molar-refractivity contribution in [1.29, 1.82) is 0 Å². The van der Waals surface area contributed by atoms with Crippen LogP contribution < -0.4 is 10.6 Å². The van der Waals surface area contributed by atoms with E-state index < -0.39 is 0 Å². The molecular formula is C13H22N4. The van der Waals surface area contributed by atoms with Gasteiger partial charge in [-0.05, 0) is 26.2 Å². The van der Waals surface area contributed by atoms with Crippen LogP contribution in [0.2, 0.25) is 0 Å². The average Bonchev–Trinajstić information content (AvgIpc) is 3.13. The summed E-state index contributed by atoms with van der Waals surface area (Å²) < 4.78 is 0. The smallest absolute Gasteiger partial charge is 0.137 e. The SMILES string of the molecule is CCCCN(C)c1nc(C2CC2)nc(N)c1C. The molecule has 17 heavy (non-hydrogen) atoms. The predicted molar refractivity (Wildman–Crippen MR) is 71.3 cm³/mol. The molecule has 1 fully saturated rings. The van der Waals surface area contributed by atoms with Gasteiger partial charge in [-0.2, -0.15) is 0 Å². The van der Waals surface area contributed by atoms with Gasteiger partial charge in [0.2, 0.25) is 0 Å². The lowest BCUT2D eigenvalue weighted by Crippen LogP contribution is -2.22. The van der Waals surface area contributed by atoms with E-state index in [-0.39, 0.29) is 0 Å². The van der Waals surface area contributed by atoms with Crippen LogP contribution >= 0.6 is 0 Å². The van der Waals surface area contributed by atoms with E-state index >= 15 is 0 Å². The van der Waals surface area contributed by atoms with Crippen molar-refractivity contribution in [3.8, 4) is 0 Å². The lowest BCUT2D eigenvalue weighted by atomic mass is 10.2. The van der Waals surface area contributed by atoms with E-state index in [1.807, 2.05) is 6.92 Å². The molecule has 4 nitrogen and oxygen atoms in total. The van der Waals surface area contributed by atoms with Crippen molar-refractivity contribution in [2.45, 2.75) is 45.4 Å². The van der Waals surface area contributed by atoms with Crippen LogP contribution in [0.4, 0.5) is 11.6 Å². The maximum Gasteiger partial charge on any atom is 0.137 e. The Labute approximate surface area is 103 Å². The van der Waals surface area contributed by atoms with E-state index in [1.165, 1.54) is 25.7 Å². The fourth-order valence-electron chi connectivity index (χ4n) is 1.94. The minimum absolute atomic E-state index is 0.552. The lowest BCUT2D eigenvalue weighted by Gasteiger charge is -2.21. The lowest BCUT2D eigenvalue weighted by molar-refractivity contribution is 0.751. The Balaban J connectivity index is 2.24. The summed E-state index contributed by atoms with van der Waals surface area (Å²) in [5, 5.41) is 0.